The van der Waals surface area contributed by atoms with E-state index in [0.717, 1.165) is 77.2 Å². The molecule has 3 aliphatic heterocycles. The first-order valence-electron chi connectivity index (χ1n) is 15.2. The van der Waals surface area contributed by atoms with Gasteiger partial charge in [-0.2, -0.15) is 0 Å². The standard InChI is InChI=1S/C20H23ClFN3O2.C12H22N2O2/c21-17-13-23-20(24-14-17)25-8-5-15(6-9-25)2-1-11-27-18-4-3-16(7-10-26)19(22)12-18;1-11(2,3)16-10(15)14-7-5-6-12(14)8-13(4)9-12/h3-4,10,12-15H,1-2,5-9,11H2;5-9H2,1-4H3. The van der Waals surface area contributed by atoms with E-state index in [0.29, 0.717) is 35.1 Å². The maximum absolute atomic E-state index is 13.8. The number of halogens is 2. The van der Waals surface area contributed by atoms with Gasteiger partial charge in [-0.05, 0) is 83.9 Å². The predicted octanol–water partition coefficient (Wildman–Crippen LogP) is 5.79. The first-order valence-corrected chi connectivity index (χ1v) is 15.6. The van der Waals surface area contributed by atoms with Crippen LogP contribution in [-0.4, -0.2) is 89.7 Å². The van der Waals surface area contributed by atoms with Gasteiger partial charge in [0.15, 0.2) is 0 Å². The predicted molar refractivity (Wildman–Crippen MR) is 165 cm³/mol. The number of amides is 1. The molecule has 3 saturated heterocycles. The van der Waals surface area contributed by atoms with Crippen molar-refractivity contribution in [3.63, 3.8) is 0 Å². The van der Waals surface area contributed by atoms with E-state index in [1.807, 2.05) is 25.7 Å². The molecule has 2 aromatic rings. The number of benzene rings is 1. The maximum atomic E-state index is 13.8. The third kappa shape index (κ3) is 9.25. The molecule has 1 aromatic heterocycles. The molecule has 0 saturated carbocycles. The summed E-state index contributed by atoms with van der Waals surface area (Å²) in [4.78, 5) is 37.5. The van der Waals surface area contributed by atoms with E-state index in [1.165, 1.54) is 6.07 Å². The minimum Gasteiger partial charge on any atom is -0.493 e. The number of carbonyl (C=O) groups is 2. The highest BCUT2D eigenvalue weighted by Crippen LogP contribution is 2.37. The molecule has 1 spiro atoms. The van der Waals surface area contributed by atoms with Gasteiger partial charge in [0.25, 0.3) is 0 Å². The largest absolute Gasteiger partial charge is 0.493 e. The highest BCUT2D eigenvalue weighted by molar-refractivity contribution is 6.30. The van der Waals surface area contributed by atoms with E-state index in [2.05, 4.69) is 26.8 Å². The fourth-order valence-electron chi connectivity index (χ4n) is 6.15. The number of nitrogens with zero attached hydrogens (tertiary/aromatic N) is 5. The molecule has 0 aliphatic carbocycles. The summed E-state index contributed by atoms with van der Waals surface area (Å²) >= 11 is 5.83. The third-order valence-electron chi connectivity index (χ3n) is 8.20. The van der Waals surface area contributed by atoms with Crippen LogP contribution >= 0.6 is 11.6 Å². The number of aromatic nitrogens is 2. The van der Waals surface area contributed by atoms with Crippen molar-refractivity contribution in [1.82, 2.24) is 19.8 Å². The Morgan fingerprint density at radius 1 is 1.16 bits per heavy atom. The van der Waals surface area contributed by atoms with E-state index in [9.17, 15) is 14.0 Å². The zero-order chi connectivity index (χ0) is 31.0. The monoisotopic (exact) mass is 617 g/mol. The fourth-order valence-corrected chi connectivity index (χ4v) is 6.25. The van der Waals surface area contributed by atoms with Gasteiger partial charge in [-0.3, -0.25) is 4.90 Å². The van der Waals surface area contributed by atoms with Crippen LogP contribution in [0.5, 0.6) is 5.75 Å². The normalized spacial score (nSPS) is 18.6. The molecule has 5 rings (SSSR count). The van der Waals surface area contributed by atoms with Gasteiger partial charge >= 0.3 is 6.09 Å². The molecule has 0 radical (unpaired) electrons. The topological polar surface area (TPSA) is 88.1 Å². The summed E-state index contributed by atoms with van der Waals surface area (Å²) < 4.78 is 24.9. The van der Waals surface area contributed by atoms with E-state index in [-0.39, 0.29) is 18.1 Å². The smallest absolute Gasteiger partial charge is 0.410 e. The molecule has 11 heteroatoms. The molecule has 1 amide bonds. The molecule has 1 aromatic carbocycles. The van der Waals surface area contributed by atoms with Crippen LogP contribution in [-0.2, 0) is 16.0 Å². The van der Waals surface area contributed by atoms with Crippen molar-refractivity contribution in [2.45, 2.75) is 76.9 Å². The van der Waals surface area contributed by atoms with Gasteiger partial charge < -0.3 is 24.1 Å². The lowest BCUT2D eigenvalue weighted by atomic mass is 9.88. The summed E-state index contributed by atoms with van der Waals surface area (Å²) in [6.07, 6.45) is 10.3. The van der Waals surface area contributed by atoms with Crippen molar-refractivity contribution in [1.29, 1.82) is 0 Å². The molecule has 0 N–H and O–H groups in total. The number of anilines is 1. The Hall–Kier alpha value is -2.98. The van der Waals surface area contributed by atoms with Gasteiger partial charge in [0, 0.05) is 45.2 Å². The van der Waals surface area contributed by atoms with Gasteiger partial charge in [0.1, 0.15) is 23.5 Å². The van der Waals surface area contributed by atoms with Crippen molar-refractivity contribution in [3.8, 4) is 5.75 Å². The van der Waals surface area contributed by atoms with Crippen LogP contribution < -0.4 is 9.64 Å². The lowest BCUT2D eigenvalue weighted by Crippen LogP contribution is -2.67. The number of likely N-dealkylation sites (tertiary alicyclic amines) is 2. The van der Waals surface area contributed by atoms with Crippen LogP contribution in [0.15, 0.2) is 30.6 Å². The number of hydrogen-bond acceptors (Lipinski definition) is 8. The second kappa shape index (κ2) is 14.7. The average Bonchev–Trinajstić information content (AvgIpc) is 3.38. The van der Waals surface area contributed by atoms with Crippen molar-refractivity contribution in [2.75, 3.05) is 51.3 Å². The van der Waals surface area contributed by atoms with Gasteiger partial charge in [0.2, 0.25) is 5.95 Å². The summed E-state index contributed by atoms with van der Waals surface area (Å²) in [5.74, 6) is 1.51. The van der Waals surface area contributed by atoms with E-state index in [1.54, 1.807) is 24.5 Å². The molecular formula is C32H45ClFN5O4. The number of ether oxygens (including phenoxy) is 2. The van der Waals surface area contributed by atoms with Crippen LogP contribution in [0.2, 0.25) is 5.02 Å². The number of hydrogen-bond donors (Lipinski definition) is 0. The van der Waals surface area contributed by atoms with Crippen LogP contribution in [0, 0.1) is 11.7 Å². The summed E-state index contributed by atoms with van der Waals surface area (Å²) in [6.45, 7) is 11.0. The second-order valence-corrected chi connectivity index (χ2v) is 13.3. The molecule has 0 atom stereocenters. The first-order chi connectivity index (χ1) is 20.5. The Bertz CT molecular complexity index is 1210. The molecule has 0 bridgehead atoms. The Labute approximate surface area is 259 Å². The summed E-state index contributed by atoms with van der Waals surface area (Å²) in [6, 6.07) is 4.67. The van der Waals surface area contributed by atoms with Crippen molar-refractivity contribution >= 4 is 29.9 Å². The van der Waals surface area contributed by atoms with Crippen molar-refractivity contribution in [3.05, 3.63) is 47.0 Å². The highest BCUT2D eigenvalue weighted by atomic mass is 35.5. The van der Waals surface area contributed by atoms with Gasteiger partial charge in [-0.15, -0.1) is 0 Å². The van der Waals surface area contributed by atoms with E-state index in [4.69, 9.17) is 21.1 Å². The second-order valence-electron chi connectivity index (χ2n) is 12.9. The zero-order valence-corrected chi connectivity index (χ0v) is 26.6. The zero-order valence-electron chi connectivity index (χ0n) is 25.9. The number of piperidine rings is 1. The van der Waals surface area contributed by atoms with E-state index < -0.39 is 11.4 Å². The number of carbonyl (C=O) groups excluding carboxylic acids is 2. The summed E-state index contributed by atoms with van der Waals surface area (Å²) in [5.41, 5.74) is 0.0851. The SMILES string of the molecule is CN1CC2(CCCN2C(=O)OC(C)(C)C)C1.O=CCc1ccc(OCCCC2CCN(c3ncc(Cl)cn3)CC2)cc1F. The Balaban J connectivity index is 0.000000225. The molecule has 236 valence electrons. The van der Waals surface area contributed by atoms with Gasteiger partial charge in [-0.25, -0.2) is 19.2 Å². The van der Waals surface area contributed by atoms with Crippen molar-refractivity contribution in [2.24, 2.45) is 5.92 Å². The van der Waals surface area contributed by atoms with Crippen LogP contribution in [0.3, 0.4) is 0 Å². The minimum absolute atomic E-state index is 0.0804. The fraction of sp³-hybridized carbons (Fsp3) is 0.625. The van der Waals surface area contributed by atoms with Crippen LogP contribution in [0.4, 0.5) is 15.1 Å². The number of likely N-dealkylation sites (N-methyl/N-ethyl adjacent to an activating group) is 1. The lowest BCUT2D eigenvalue weighted by molar-refractivity contribution is -0.107. The Morgan fingerprint density at radius 2 is 1.86 bits per heavy atom. The Morgan fingerprint density at radius 3 is 2.47 bits per heavy atom. The number of aldehydes is 1. The Kier molecular flexibility index (Phi) is 11.2. The van der Waals surface area contributed by atoms with Gasteiger partial charge in [0.05, 0.1) is 29.6 Å². The number of rotatable bonds is 8. The van der Waals surface area contributed by atoms with Crippen molar-refractivity contribution < 1.29 is 23.5 Å². The molecular weight excluding hydrogens is 573 g/mol. The molecule has 3 fully saturated rings. The van der Waals surface area contributed by atoms with E-state index >= 15 is 0 Å². The van der Waals surface area contributed by atoms with Crippen LogP contribution in [0.25, 0.3) is 0 Å². The summed E-state index contributed by atoms with van der Waals surface area (Å²) in [5, 5.41) is 0.548. The lowest BCUT2D eigenvalue weighted by Gasteiger charge is -2.51. The highest BCUT2D eigenvalue weighted by Gasteiger charge is 2.51. The molecule has 43 heavy (non-hydrogen) atoms. The van der Waals surface area contributed by atoms with Gasteiger partial charge in [-0.1, -0.05) is 17.7 Å². The quantitative estimate of drug-likeness (QED) is 0.272. The minimum atomic E-state index is -0.392. The molecule has 4 heterocycles. The third-order valence-corrected chi connectivity index (χ3v) is 8.39. The maximum Gasteiger partial charge on any atom is 0.410 e. The molecule has 3 aliphatic rings. The first kappa shape index (κ1) is 32.9. The molecule has 9 nitrogen and oxygen atoms in total. The van der Waals surface area contributed by atoms with Crippen LogP contribution in [0.1, 0.15) is 64.9 Å². The molecule has 0 unspecified atom stereocenters. The average molecular weight is 618 g/mol. The summed E-state index contributed by atoms with van der Waals surface area (Å²) in [7, 11) is 2.09.